The highest BCUT2D eigenvalue weighted by molar-refractivity contribution is 6.36. The first-order valence-corrected chi connectivity index (χ1v) is 12.3. The number of methoxy groups -OCH3 is 1. The summed E-state index contributed by atoms with van der Waals surface area (Å²) in [7, 11) is 1.48. The molecule has 1 N–H and O–H groups in total. The summed E-state index contributed by atoms with van der Waals surface area (Å²) in [6.07, 6.45) is -2.33. The molecule has 0 unspecified atom stereocenters. The Hall–Kier alpha value is -4.27. The zero-order chi connectivity index (χ0) is 27.7. The maximum Gasteiger partial charge on any atom is 0.407 e. The van der Waals surface area contributed by atoms with Crippen LogP contribution in [0.5, 0.6) is 5.75 Å². The average Bonchev–Trinajstić information content (AvgIpc) is 2.92. The monoisotopic (exact) mass is 553 g/mol. The number of hydrogen-bond acceptors (Lipinski definition) is 7. The van der Waals surface area contributed by atoms with E-state index >= 15 is 4.39 Å². The lowest BCUT2D eigenvalue weighted by molar-refractivity contribution is 0.0512. The zero-order valence-corrected chi connectivity index (χ0v) is 21.5. The number of nitriles is 1. The number of carboxylic acid groups (broad SMARTS) is 1. The van der Waals surface area contributed by atoms with Crippen molar-refractivity contribution in [2.75, 3.05) is 38.4 Å². The number of hydrogen-bond donors (Lipinski definition) is 1. The fraction of sp³-hybridized carbons (Fsp3) is 0.259. The maximum atomic E-state index is 16.2. The fourth-order valence-electron chi connectivity index (χ4n) is 4.93. The maximum absolute atomic E-state index is 16.2. The van der Waals surface area contributed by atoms with E-state index in [0.29, 0.717) is 27.1 Å². The number of anilines is 1. The fourth-order valence-corrected chi connectivity index (χ4v) is 5.21. The third-order valence-electron chi connectivity index (χ3n) is 6.65. The summed E-state index contributed by atoms with van der Waals surface area (Å²) < 4.78 is 41.5. The Morgan fingerprint density at radius 2 is 2.03 bits per heavy atom. The number of benzene rings is 3. The molecule has 200 valence electrons. The number of amides is 1. The molecule has 1 aliphatic rings. The minimum Gasteiger partial charge on any atom is -0.468 e. The van der Waals surface area contributed by atoms with E-state index in [1.54, 1.807) is 41.3 Å². The van der Waals surface area contributed by atoms with E-state index < -0.39 is 24.0 Å². The molecule has 9 nitrogen and oxygen atoms in total. The second-order valence-corrected chi connectivity index (χ2v) is 9.34. The molecule has 1 aliphatic heterocycles. The summed E-state index contributed by atoms with van der Waals surface area (Å²) in [5, 5.41) is 20.6. The molecule has 0 spiro atoms. The third-order valence-corrected chi connectivity index (χ3v) is 6.96. The second kappa shape index (κ2) is 10.8. The summed E-state index contributed by atoms with van der Waals surface area (Å²) in [4.78, 5) is 22.1. The van der Waals surface area contributed by atoms with Gasteiger partial charge in [0.2, 0.25) is 0 Å². The molecule has 1 aromatic heterocycles. The van der Waals surface area contributed by atoms with Crippen LogP contribution in [0.3, 0.4) is 0 Å². The number of fused-ring (bicyclic) bond motifs is 2. The Kier molecular flexibility index (Phi) is 7.32. The van der Waals surface area contributed by atoms with E-state index in [1.807, 2.05) is 12.1 Å². The number of piperazine rings is 1. The van der Waals surface area contributed by atoms with Crippen LogP contribution in [0.4, 0.5) is 19.4 Å². The second-order valence-electron chi connectivity index (χ2n) is 8.94. The molecular weight excluding hydrogens is 532 g/mol. The minimum absolute atomic E-state index is 0.0184. The number of halogens is 3. The molecule has 1 saturated heterocycles. The lowest BCUT2D eigenvalue weighted by Gasteiger charge is -2.39. The Morgan fingerprint density at radius 3 is 2.77 bits per heavy atom. The van der Waals surface area contributed by atoms with Crippen molar-refractivity contribution in [2.45, 2.75) is 12.5 Å². The molecule has 2 heterocycles. The summed E-state index contributed by atoms with van der Waals surface area (Å²) in [5.74, 6) is -0.232. The highest BCUT2D eigenvalue weighted by Gasteiger charge is 2.32. The van der Waals surface area contributed by atoms with Gasteiger partial charge in [-0.2, -0.15) is 19.6 Å². The standard InChI is InChI=1S/C27H22ClF2N5O4/c1-38-14-39-17-11-15-3-2-4-21(28)22(15)20(12-17)18-5-6-19-24(23(18)29)32-26(30)33-25(19)34-9-10-35(27(36)37)16(13-34)7-8-31/h2-6,11-12,16H,7,9-10,13-14H2,1H3,(H,36,37)/t16-/m0/s1. The molecule has 5 rings (SSSR count). The van der Waals surface area contributed by atoms with Crippen molar-refractivity contribution in [3.05, 3.63) is 59.4 Å². The van der Waals surface area contributed by atoms with E-state index in [0.717, 1.165) is 0 Å². The highest BCUT2D eigenvalue weighted by atomic mass is 35.5. The lowest BCUT2D eigenvalue weighted by atomic mass is 9.96. The van der Waals surface area contributed by atoms with Crippen LogP contribution in [0.2, 0.25) is 5.02 Å². The minimum atomic E-state index is -1.15. The first-order valence-electron chi connectivity index (χ1n) is 11.9. The predicted molar refractivity (Wildman–Crippen MR) is 141 cm³/mol. The van der Waals surface area contributed by atoms with E-state index in [-0.39, 0.29) is 55.1 Å². The van der Waals surface area contributed by atoms with Gasteiger partial charge in [0.25, 0.3) is 0 Å². The van der Waals surface area contributed by atoms with Crippen molar-refractivity contribution >= 4 is 45.2 Å². The van der Waals surface area contributed by atoms with Gasteiger partial charge < -0.3 is 24.4 Å². The molecule has 0 aliphatic carbocycles. The van der Waals surface area contributed by atoms with Crippen LogP contribution in [-0.4, -0.2) is 65.6 Å². The van der Waals surface area contributed by atoms with E-state index in [4.69, 9.17) is 21.1 Å². The van der Waals surface area contributed by atoms with Gasteiger partial charge in [0, 0.05) is 48.1 Å². The van der Waals surface area contributed by atoms with Crippen LogP contribution in [0.15, 0.2) is 42.5 Å². The largest absolute Gasteiger partial charge is 0.468 e. The molecule has 12 heteroatoms. The summed E-state index contributed by atoms with van der Waals surface area (Å²) in [6.45, 7) is 0.333. The number of carbonyl (C=O) groups is 1. The summed E-state index contributed by atoms with van der Waals surface area (Å²) in [6, 6.07) is 13.1. The van der Waals surface area contributed by atoms with Crippen LogP contribution in [-0.2, 0) is 4.74 Å². The molecule has 1 atom stereocenters. The molecule has 0 radical (unpaired) electrons. The smallest absolute Gasteiger partial charge is 0.407 e. The highest BCUT2D eigenvalue weighted by Crippen LogP contribution is 2.40. The quantitative estimate of drug-likeness (QED) is 0.248. The normalized spacial score (nSPS) is 15.5. The van der Waals surface area contributed by atoms with Gasteiger partial charge in [0.15, 0.2) is 12.6 Å². The lowest BCUT2D eigenvalue weighted by Crippen LogP contribution is -2.55. The molecule has 4 aromatic rings. The van der Waals surface area contributed by atoms with Crippen molar-refractivity contribution in [3.63, 3.8) is 0 Å². The van der Waals surface area contributed by atoms with Crippen LogP contribution in [0.25, 0.3) is 32.8 Å². The summed E-state index contributed by atoms with van der Waals surface area (Å²) in [5.41, 5.74) is 0.315. The average molecular weight is 554 g/mol. The number of aromatic nitrogens is 2. The van der Waals surface area contributed by atoms with Crippen molar-refractivity contribution in [1.29, 1.82) is 5.26 Å². The first-order chi connectivity index (χ1) is 18.8. The zero-order valence-electron chi connectivity index (χ0n) is 20.7. The van der Waals surface area contributed by atoms with E-state index in [2.05, 4.69) is 9.97 Å². The van der Waals surface area contributed by atoms with Crippen LogP contribution >= 0.6 is 11.6 Å². The Morgan fingerprint density at radius 1 is 1.21 bits per heavy atom. The van der Waals surface area contributed by atoms with Gasteiger partial charge in [-0.1, -0.05) is 29.8 Å². The van der Waals surface area contributed by atoms with Crippen LogP contribution in [0, 0.1) is 23.2 Å². The first kappa shape index (κ1) is 26.3. The van der Waals surface area contributed by atoms with Gasteiger partial charge in [-0.3, -0.25) is 0 Å². The van der Waals surface area contributed by atoms with Crippen molar-refractivity contribution in [1.82, 2.24) is 14.9 Å². The van der Waals surface area contributed by atoms with Crippen LogP contribution in [0.1, 0.15) is 6.42 Å². The SMILES string of the molecule is COCOc1cc(-c2ccc3c(N4CCN(C(=O)O)[C@@H](CC#N)C4)nc(F)nc3c2F)c2c(Cl)cccc2c1. The molecular formula is C27H22ClF2N5O4. The van der Waals surface area contributed by atoms with E-state index in [9.17, 15) is 19.6 Å². The summed E-state index contributed by atoms with van der Waals surface area (Å²) >= 11 is 6.52. The van der Waals surface area contributed by atoms with Crippen LogP contribution < -0.4 is 9.64 Å². The third kappa shape index (κ3) is 4.96. The molecule has 0 bridgehead atoms. The van der Waals surface area contributed by atoms with E-state index in [1.165, 1.54) is 12.0 Å². The Balaban J connectivity index is 1.64. The molecule has 1 amide bonds. The molecule has 3 aromatic carbocycles. The van der Waals surface area contributed by atoms with Gasteiger partial charge in [-0.05, 0) is 35.2 Å². The molecule has 0 saturated carbocycles. The topological polar surface area (TPSA) is 112 Å². The number of nitrogens with zero attached hydrogens (tertiary/aromatic N) is 5. The molecule has 39 heavy (non-hydrogen) atoms. The molecule has 1 fully saturated rings. The van der Waals surface area contributed by atoms with Gasteiger partial charge in [0.1, 0.15) is 17.1 Å². The van der Waals surface area contributed by atoms with Gasteiger partial charge >= 0.3 is 12.2 Å². The van der Waals surface area contributed by atoms with Gasteiger partial charge in [-0.15, -0.1) is 0 Å². The van der Waals surface area contributed by atoms with Gasteiger partial charge in [-0.25, -0.2) is 9.18 Å². The van der Waals surface area contributed by atoms with Gasteiger partial charge in [0.05, 0.1) is 18.5 Å². The number of rotatable bonds is 6. The van der Waals surface area contributed by atoms with Crippen molar-refractivity contribution in [3.8, 4) is 22.9 Å². The Bertz CT molecular complexity index is 1630. The van der Waals surface area contributed by atoms with Crippen molar-refractivity contribution < 1.29 is 28.2 Å². The Labute approximate surface area is 226 Å². The predicted octanol–water partition coefficient (Wildman–Crippen LogP) is 5.45. The van der Waals surface area contributed by atoms with Crippen molar-refractivity contribution in [2.24, 2.45) is 0 Å². The number of ether oxygens (including phenoxy) is 2.